The number of rotatable bonds is 8. The molecule has 0 bridgehead atoms. The molecule has 96 valence electrons. The predicted molar refractivity (Wildman–Crippen MR) is 71.8 cm³/mol. The zero-order valence-electron chi connectivity index (χ0n) is 11.7. The van der Waals surface area contributed by atoms with Crippen molar-refractivity contribution in [1.29, 1.82) is 0 Å². The molecule has 2 heteroatoms. The van der Waals surface area contributed by atoms with Crippen LogP contribution in [0.25, 0.3) is 0 Å². The largest absolute Gasteiger partial charge is 0.316 e. The third-order valence-electron chi connectivity index (χ3n) is 3.98. The highest BCUT2D eigenvalue weighted by molar-refractivity contribution is 4.85. The molecule has 0 radical (unpaired) electrons. The molecule has 1 atom stereocenters. The standard InChI is InChI=1S/C14H30N2/c1-5-10-14(3,11-15-6-2)12-16(4)13-8-7-9-13/h13,15H,5-12H2,1-4H3. The first kappa shape index (κ1) is 14.0. The first-order valence-corrected chi connectivity index (χ1v) is 7.02. The highest BCUT2D eigenvalue weighted by Crippen LogP contribution is 2.29. The SMILES string of the molecule is CCCC(C)(CNCC)CN(C)C1CCC1. The summed E-state index contributed by atoms with van der Waals surface area (Å²) >= 11 is 0. The molecule has 16 heavy (non-hydrogen) atoms. The molecule has 1 aliphatic rings. The van der Waals surface area contributed by atoms with Gasteiger partial charge in [0.1, 0.15) is 0 Å². The van der Waals surface area contributed by atoms with E-state index in [1.54, 1.807) is 0 Å². The van der Waals surface area contributed by atoms with Gasteiger partial charge in [-0.3, -0.25) is 0 Å². The van der Waals surface area contributed by atoms with Gasteiger partial charge in [0, 0.05) is 19.1 Å². The van der Waals surface area contributed by atoms with Gasteiger partial charge in [-0.2, -0.15) is 0 Å². The second-order valence-electron chi connectivity index (χ2n) is 5.84. The normalized spacial score (nSPS) is 20.8. The Morgan fingerprint density at radius 1 is 1.31 bits per heavy atom. The van der Waals surface area contributed by atoms with Crippen LogP contribution in [0.4, 0.5) is 0 Å². The summed E-state index contributed by atoms with van der Waals surface area (Å²) in [4.78, 5) is 2.59. The Kier molecular flexibility index (Phi) is 5.77. The molecule has 1 fully saturated rings. The molecule has 2 nitrogen and oxygen atoms in total. The summed E-state index contributed by atoms with van der Waals surface area (Å²) in [5, 5.41) is 3.53. The fourth-order valence-electron chi connectivity index (χ4n) is 2.81. The Bertz CT molecular complexity index is 189. The minimum Gasteiger partial charge on any atom is -0.316 e. The van der Waals surface area contributed by atoms with Crippen molar-refractivity contribution in [2.75, 3.05) is 26.7 Å². The molecule has 1 unspecified atom stereocenters. The lowest BCUT2D eigenvalue weighted by molar-refractivity contribution is 0.0949. The number of nitrogens with zero attached hydrogens (tertiary/aromatic N) is 1. The van der Waals surface area contributed by atoms with Crippen molar-refractivity contribution in [2.45, 2.75) is 58.9 Å². The number of hydrogen-bond acceptors (Lipinski definition) is 2. The lowest BCUT2D eigenvalue weighted by atomic mass is 9.83. The van der Waals surface area contributed by atoms with Gasteiger partial charge in [0.2, 0.25) is 0 Å². The van der Waals surface area contributed by atoms with Gasteiger partial charge in [-0.15, -0.1) is 0 Å². The summed E-state index contributed by atoms with van der Waals surface area (Å²) < 4.78 is 0. The lowest BCUT2D eigenvalue weighted by Gasteiger charge is -2.41. The maximum Gasteiger partial charge on any atom is 0.00924 e. The maximum atomic E-state index is 3.53. The maximum absolute atomic E-state index is 3.53. The topological polar surface area (TPSA) is 15.3 Å². The van der Waals surface area contributed by atoms with Gasteiger partial charge in [-0.05, 0) is 38.3 Å². The van der Waals surface area contributed by atoms with E-state index < -0.39 is 0 Å². The van der Waals surface area contributed by atoms with Crippen LogP contribution in [0.3, 0.4) is 0 Å². The summed E-state index contributed by atoms with van der Waals surface area (Å²) in [6.07, 6.45) is 6.89. The van der Waals surface area contributed by atoms with E-state index in [9.17, 15) is 0 Å². The van der Waals surface area contributed by atoms with E-state index in [1.807, 2.05) is 0 Å². The molecule has 0 aromatic heterocycles. The molecule has 0 saturated heterocycles. The van der Waals surface area contributed by atoms with E-state index >= 15 is 0 Å². The number of nitrogens with one attached hydrogen (secondary N) is 1. The average Bonchev–Trinajstić information content (AvgIpc) is 2.12. The number of hydrogen-bond donors (Lipinski definition) is 1. The van der Waals surface area contributed by atoms with Crippen LogP contribution in [0.15, 0.2) is 0 Å². The van der Waals surface area contributed by atoms with Gasteiger partial charge in [-0.25, -0.2) is 0 Å². The highest BCUT2D eigenvalue weighted by atomic mass is 15.1. The first-order chi connectivity index (χ1) is 7.61. The Morgan fingerprint density at radius 2 is 2.00 bits per heavy atom. The van der Waals surface area contributed by atoms with E-state index in [0.29, 0.717) is 5.41 Å². The van der Waals surface area contributed by atoms with E-state index in [2.05, 4.69) is 38.0 Å². The minimum atomic E-state index is 0.453. The lowest BCUT2D eigenvalue weighted by Crippen LogP contribution is -2.46. The van der Waals surface area contributed by atoms with Crippen molar-refractivity contribution in [1.82, 2.24) is 10.2 Å². The van der Waals surface area contributed by atoms with Gasteiger partial charge >= 0.3 is 0 Å². The Labute approximate surface area is 102 Å². The van der Waals surface area contributed by atoms with Crippen LogP contribution in [0.5, 0.6) is 0 Å². The molecule has 1 N–H and O–H groups in total. The average molecular weight is 226 g/mol. The fraction of sp³-hybridized carbons (Fsp3) is 1.00. The van der Waals surface area contributed by atoms with Crippen LogP contribution in [0, 0.1) is 5.41 Å². The smallest absolute Gasteiger partial charge is 0.00924 e. The van der Waals surface area contributed by atoms with Gasteiger partial charge in [0.15, 0.2) is 0 Å². The zero-order chi connectivity index (χ0) is 12.0. The molecular formula is C14H30N2. The van der Waals surface area contributed by atoms with Gasteiger partial charge < -0.3 is 10.2 Å². The van der Waals surface area contributed by atoms with Crippen LogP contribution >= 0.6 is 0 Å². The quantitative estimate of drug-likeness (QED) is 0.684. The molecule has 0 aromatic rings. The van der Waals surface area contributed by atoms with Crippen LogP contribution in [-0.2, 0) is 0 Å². The minimum absolute atomic E-state index is 0.453. The van der Waals surface area contributed by atoms with Gasteiger partial charge in [0.05, 0.1) is 0 Å². The van der Waals surface area contributed by atoms with Gasteiger partial charge in [-0.1, -0.05) is 33.6 Å². The Hall–Kier alpha value is -0.0800. The second-order valence-corrected chi connectivity index (χ2v) is 5.84. The van der Waals surface area contributed by atoms with E-state index in [4.69, 9.17) is 0 Å². The zero-order valence-corrected chi connectivity index (χ0v) is 11.7. The summed E-state index contributed by atoms with van der Waals surface area (Å²) in [7, 11) is 2.31. The van der Waals surface area contributed by atoms with Crippen molar-refractivity contribution < 1.29 is 0 Å². The van der Waals surface area contributed by atoms with E-state index in [-0.39, 0.29) is 0 Å². The molecular weight excluding hydrogens is 196 g/mol. The molecule has 0 heterocycles. The molecule has 1 saturated carbocycles. The van der Waals surface area contributed by atoms with Crippen LogP contribution in [0.1, 0.15) is 52.9 Å². The molecule has 0 amide bonds. The molecule has 0 aromatic carbocycles. The third-order valence-corrected chi connectivity index (χ3v) is 3.98. The van der Waals surface area contributed by atoms with Gasteiger partial charge in [0.25, 0.3) is 0 Å². The van der Waals surface area contributed by atoms with Crippen molar-refractivity contribution in [3.63, 3.8) is 0 Å². The summed E-state index contributed by atoms with van der Waals surface area (Å²) in [5.41, 5.74) is 0.453. The molecule has 1 aliphatic carbocycles. The Balaban J connectivity index is 2.40. The van der Waals surface area contributed by atoms with E-state index in [0.717, 1.165) is 19.1 Å². The first-order valence-electron chi connectivity index (χ1n) is 7.02. The van der Waals surface area contributed by atoms with Crippen molar-refractivity contribution in [3.8, 4) is 0 Å². The van der Waals surface area contributed by atoms with Crippen LogP contribution in [0.2, 0.25) is 0 Å². The summed E-state index contributed by atoms with van der Waals surface area (Å²) in [5.74, 6) is 0. The second kappa shape index (κ2) is 6.61. The van der Waals surface area contributed by atoms with Crippen molar-refractivity contribution >= 4 is 0 Å². The molecule has 0 spiro atoms. The Morgan fingerprint density at radius 3 is 2.44 bits per heavy atom. The predicted octanol–water partition coefficient (Wildman–Crippen LogP) is 2.89. The fourth-order valence-corrected chi connectivity index (χ4v) is 2.81. The van der Waals surface area contributed by atoms with Crippen molar-refractivity contribution in [2.24, 2.45) is 5.41 Å². The monoisotopic (exact) mass is 226 g/mol. The highest BCUT2D eigenvalue weighted by Gasteiger charge is 2.29. The summed E-state index contributed by atoms with van der Waals surface area (Å²) in [6.45, 7) is 10.4. The molecule has 0 aliphatic heterocycles. The summed E-state index contributed by atoms with van der Waals surface area (Å²) in [6, 6.07) is 0.873. The van der Waals surface area contributed by atoms with Crippen molar-refractivity contribution in [3.05, 3.63) is 0 Å². The van der Waals surface area contributed by atoms with E-state index in [1.165, 1.54) is 38.6 Å². The molecule has 1 rings (SSSR count). The third kappa shape index (κ3) is 4.06. The van der Waals surface area contributed by atoms with Crippen LogP contribution < -0.4 is 5.32 Å². The van der Waals surface area contributed by atoms with Crippen LogP contribution in [-0.4, -0.2) is 37.6 Å².